The first kappa shape index (κ1) is 16.5. The second-order valence-corrected chi connectivity index (χ2v) is 7.63. The molecule has 2 aliphatic carbocycles. The van der Waals surface area contributed by atoms with E-state index in [1.54, 1.807) is 0 Å². The van der Waals surface area contributed by atoms with Crippen LogP contribution >= 0.6 is 15.9 Å². The van der Waals surface area contributed by atoms with E-state index in [9.17, 15) is 9.59 Å². The molecule has 0 unspecified atom stereocenters. The fourth-order valence-electron chi connectivity index (χ4n) is 3.43. The standard InChI is InChI=1S/C18H22BrNO3/c19-15-3-1-2-12(10-15)11-20(16-8-9-16)17(21)13-4-6-14(7-5-13)18(22)23/h1-3,10,13-14,16H,4-9,11H2,(H,22,23). The van der Waals surface area contributed by atoms with E-state index in [2.05, 4.69) is 28.1 Å². The molecule has 2 fully saturated rings. The normalized spacial score (nSPS) is 24.2. The summed E-state index contributed by atoms with van der Waals surface area (Å²) in [6.07, 6.45) is 4.84. The van der Waals surface area contributed by atoms with Crippen molar-refractivity contribution in [3.05, 3.63) is 34.3 Å². The van der Waals surface area contributed by atoms with Gasteiger partial charge in [0.15, 0.2) is 0 Å². The molecule has 0 aromatic heterocycles. The Hall–Kier alpha value is -1.36. The predicted molar refractivity (Wildman–Crippen MR) is 90.8 cm³/mol. The second kappa shape index (κ2) is 7.04. The summed E-state index contributed by atoms with van der Waals surface area (Å²) in [6.45, 7) is 0.655. The van der Waals surface area contributed by atoms with Gasteiger partial charge in [-0.25, -0.2) is 0 Å². The van der Waals surface area contributed by atoms with Gasteiger partial charge in [0, 0.05) is 23.0 Å². The summed E-state index contributed by atoms with van der Waals surface area (Å²) in [7, 11) is 0. The molecule has 2 aliphatic rings. The highest BCUT2D eigenvalue weighted by atomic mass is 79.9. The van der Waals surface area contributed by atoms with Gasteiger partial charge >= 0.3 is 5.97 Å². The van der Waals surface area contributed by atoms with E-state index < -0.39 is 5.97 Å². The fraction of sp³-hybridized carbons (Fsp3) is 0.556. The number of amides is 1. The highest BCUT2D eigenvalue weighted by Crippen LogP contribution is 2.35. The summed E-state index contributed by atoms with van der Waals surface area (Å²) in [5, 5.41) is 9.09. The largest absolute Gasteiger partial charge is 0.481 e. The molecular weight excluding hydrogens is 358 g/mol. The Morgan fingerprint density at radius 3 is 2.30 bits per heavy atom. The maximum atomic E-state index is 12.9. The van der Waals surface area contributed by atoms with Crippen molar-refractivity contribution in [2.75, 3.05) is 0 Å². The van der Waals surface area contributed by atoms with Crippen LogP contribution < -0.4 is 0 Å². The van der Waals surface area contributed by atoms with Crippen molar-refractivity contribution in [3.63, 3.8) is 0 Å². The highest BCUT2D eigenvalue weighted by molar-refractivity contribution is 9.10. The van der Waals surface area contributed by atoms with Crippen LogP contribution in [0.4, 0.5) is 0 Å². The van der Waals surface area contributed by atoms with Gasteiger partial charge in [0.1, 0.15) is 0 Å². The summed E-state index contributed by atoms with van der Waals surface area (Å²) in [4.78, 5) is 26.0. The topological polar surface area (TPSA) is 57.6 Å². The van der Waals surface area contributed by atoms with E-state index in [4.69, 9.17) is 5.11 Å². The summed E-state index contributed by atoms with van der Waals surface area (Å²) >= 11 is 3.48. The summed E-state index contributed by atoms with van der Waals surface area (Å²) in [6, 6.07) is 8.46. The van der Waals surface area contributed by atoms with E-state index in [-0.39, 0.29) is 17.7 Å². The SMILES string of the molecule is O=C(O)C1CCC(C(=O)N(Cc2cccc(Br)c2)C2CC2)CC1. The fourth-order valence-corrected chi connectivity index (χ4v) is 3.87. The van der Waals surface area contributed by atoms with Crippen molar-refractivity contribution in [3.8, 4) is 0 Å². The molecule has 0 spiro atoms. The lowest BCUT2D eigenvalue weighted by atomic mass is 9.81. The van der Waals surface area contributed by atoms with Crippen molar-refractivity contribution in [1.29, 1.82) is 0 Å². The number of aliphatic carboxylic acids is 1. The van der Waals surface area contributed by atoms with Crippen LogP contribution in [0.5, 0.6) is 0 Å². The number of hydrogen-bond donors (Lipinski definition) is 1. The monoisotopic (exact) mass is 379 g/mol. The Bertz CT molecular complexity index is 592. The van der Waals surface area contributed by atoms with Gasteiger partial charge in [0.05, 0.1) is 5.92 Å². The van der Waals surface area contributed by atoms with Gasteiger partial charge in [-0.3, -0.25) is 9.59 Å². The van der Waals surface area contributed by atoms with Crippen molar-refractivity contribution in [1.82, 2.24) is 4.90 Å². The van der Waals surface area contributed by atoms with Gasteiger partial charge in [0.25, 0.3) is 0 Å². The number of carbonyl (C=O) groups excluding carboxylic acids is 1. The zero-order valence-electron chi connectivity index (χ0n) is 13.1. The van der Waals surface area contributed by atoms with Gasteiger partial charge in [-0.05, 0) is 56.2 Å². The number of hydrogen-bond acceptors (Lipinski definition) is 2. The Morgan fingerprint density at radius 2 is 1.74 bits per heavy atom. The molecule has 4 nitrogen and oxygen atoms in total. The maximum absolute atomic E-state index is 12.9. The minimum atomic E-state index is -0.718. The zero-order chi connectivity index (χ0) is 16.4. The zero-order valence-corrected chi connectivity index (χ0v) is 14.7. The van der Waals surface area contributed by atoms with Crippen molar-refractivity contribution in [2.45, 2.75) is 51.1 Å². The molecule has 0 atom stereocenters. The van der Waals surface area contributed by atoms with Crippen LogP contribution in [0.2, 0.25) is 0 Å². The molecule has 5 heteroatoms. The predicted octanol–water partition coefficient (Wildman–Crippen LogP) is 3.83. The molecular formula is C18H22BrNO3. The third-order valence-electron chi connectivity index (χ3n) is 4.94. The number of rotatable bonds is 5. The highest BCUT2D eigenvalue weighted by Gasteiger charge is 2.38. The van der Waals surface area contributed by atoms with Crippen LogP contribution in [-0.2, 0) is 16.1 Å². The van der Waals surface area contributed by atoms with Crippen molar-refractivity contribution in [2.24, 2.45) is 11.8 Å². The van der Waals surface area contributed by atoms with E-state index in [0.29, 0.717) is 38.3 Å². The molecule has 1 amide bonds. The average molecular weight is 380 g/mol. The van der Waals surface area contributed by atoms with E-state index in [1.807, 2.05) is 17.0 Å². The number of benzene rings is 1. The third kappa shape index (κ3) is 4.14. The second-order valence-electron chi connectivity index (χ2n) is 6.71. The molecule has 0 radical (unpaired) electrons. The molecule has 1 aromatic rings. The maximum Gasteiger partial charge on any atom is 0.306 e. The number of halogens is 1. The molecule has 1 aromatic carbocycles. The third-order valence-corrected chi connectivity index (χ3v) is 5.43. The van der Waals surface area contributed by atoms with Gasteiger partial charge in [0.2, 0.25) is 5.91 Å². The first-order valence-corrected chi connectivity index (χ1v) is 9.11. The number of nitrogens with zero attached hydrogens (tertiary/aromatic N) is 1. The van der Waals surface area contributed by atoms with Crippen LogP contribution in [-0.4, -0.2) is 27.9 Å². The van der Waals surface area contributed by atoms with Crippen LogP contribution in [0.15, 0.2) is 28.7 Å². The molecule has 0 bridgehead atoms. The Labute approximate surface area is 145 Å². The van der Waals surface area contributed by atoms with Crippen LogP contribution in [0.1, 0.15) is 44.1 Å². The molecule has 0 saturated heterocycles. The smallest absolute Gasteiger partial charge is 0.306 e. The molecule has 1 N–H and O–H groups in total. The Balaban J connectivity index is 1.64. The number of carbonyl (C=O) groups is 2. The molecule has 23 heavy (non-hydrogen) atoms. The summed E-state index contributed by atoms with van der Waals surface area (Å²) in [5.74, 6) is -0.766. The van der Waals surface area contributed by atoms with Crippen molar-refractivity contribution >= 4 is 27.8 Å². The summed E-state index contributed by atoms with van der Waals surface area (Å²) in [5.41, 5.74) is 1.14. The minimum Gasteiger partial charge on any atom is -0.481 e. The Morgan fingerprint density at radius 1 is 1.09 bits per heavy atom. The first-order chi connectivity index (χ1) is 11.0. The number of carboxylic acids is 1. The van der Waals surface area contributed by atoms with Crippen molar-refractivity contribution < 1.29 is 14.7 Å². The van der Waals surface area contributed by atoms with Gasteiger partial charge < -0.3 is 10.0 Å². The number of carboxylic acid groups (broad SMARTS) is 1. The van der Waals surface area contributed by atoms with Gasteiger partial charge in [-0.15, -0.1) is 0 Å². The summed E-state index contributed by atoms with van der Waals surface area (Å²) < 4.78 is 1.03. The van der Waals surface area contributed by atoms with Gasteiger partial charge in [-0.2, -0.15) is 0 Å². The molecule has 3 rings (SSSR count). The Kier molecular flexibility index (Phi) is 5.05. The lowest BCUT2D eigenvalue weighted by Gasteiger charge is -2.31. The minimum absolute atomic E-state index is 0.00153. The average Bonchev–Trinajstić information content (AvgIpc) is 3.37. The lowest BCUT2D eigenvalue weighted by molar-refractivity contribution is -0.146. The molecule has 0 aliphatic heterocycles. The quantitative estimate of drug-likeness (QED) is 0.845. The lowest BCUT2D eigenvalue weighted by Crippen LogP contribution is -2.39. The van der Waals surface area contributed by atoms with Crippen LogP contribution in [0.25, 0.3) is 0 Å². The first-order valence-electron chi connectivity index (χ1n) is 8.32. The van der Waals surface area contributed by atoms with E-state index >= 15 is 0 Å². The van der Waals surface area contributed by atoms with Crippen LogP contribution in [0.3, 0.4) is 0 Å². The van der Waals surface area contributed by atoms with Crippen LogP contribution in [0, 0.1) is 11.8 Å². The van der Waals surface area contributed by atoms with E-state index in [0.717, 1.165) is 22.9 Å². The molecule has 124 valence electrons. The van der Waals surface area contributed by atoms with Gasteiger partial charge in [-0.1, -0.05) is 28.1 Å². The van der Waals surface area contributed by atoms with E-state index in [1.165, 1.54) is 0 Å². The molecule has 2 saturated carbocycles. The molecule has 0 heterocycles.